The molecule has 0 amide bonds. The highest BCUT2D eigenvalue weighted by atomic mass is 35.5. The second-order valence-corrected chi connectivity index (χ2v) is 6.67. The average molecular weight is 381 g/mol. The molecule has 1 aromatic heterocycles. The van der Waals surface area contributed by atoms with Crippen LogP contribution in [-0.4, -0.2) is 5.11 Å². The van der Waals surface area contributed by atoms with Crippen LogP contribution in [0.2, 0.25) is 5.02 Å². The van der Waals surface area contributed by atoms with Crippen LogP contribution in [0, 0.1) is 18.3 Å². The molecule has 0 spiro atoms. The van der Waals surface area contributed by atoms with Gasteiger partial charge in [-0.25, -0.2) is 4.79 Å². The predicted octanol–water partition coefficient (Wildman–Crippen LogP) is 3.68. The van der Waals surface area contributed by atoms with Crippen molar-refractivity contribution in [2.75, 3.05) is 0 Å². The van der Waals surface area contributed by atoms with E-state index >= 15 is 0 Å². The largest absolute Gasteiger partial charge is 0.507 e. The number of rotatable bonds is 1. The first-order valence-corrected chi connectivity index (χ1v) is 8.42. The summed E-state index contributed by atoms with van der Waals surface area (Å²) < 4.78 is 11.0. The van der Waals surface area contributed by atoms with Gasteiger partial charge in [0.2, 0.25) is 5.88 Å². The molecule has 0 saturated heterocycles. The zero-order valence-corrected chi connectivity index (χ0v) is 14.9. The van der Waals surface area contributed by atoms with E-state index in [-0.39, 0.29) is 28.5 Å². The molecule has 3 N–H and O–H groups in total. The van der Waals surface area contributed by atoms with E-state index in [9.17, 15) is 15.2 Å². The van der Waals surface area contributed by atoms with Crippen LogP contribution in [0.5, 0.6) is 11.5 Å². The van der Waals surface area contributed by atoms with Gasteiger partial charge in [0.1, 0.15) is 28.7 Å². The van der Waals surface area contributed by atoms with E-state index in [1.54, 1.807) is 31.2 Å². The minimum atomic E-state index is -0.635. The number of fused-ring (bicyclic) bond motifs is 3. The van der Waals surface area contributed by atoms with Crippen LogP contribution in [-0.2, 0) is 0 Å². The summed E-state index contributed by atoms with van der Waals surface area (Å²) in [5, 5.41) is 21.0. The van der Waals surface area contributed by atoms with Crippen molar-refractivity contribution >= 4 is 22.6 Å². The average Bonchev–Trinajstić information content (AvgIpc) is 2.60. The predicted molar refractivity (Wildman–Crippen MR) is 99.6 cm³/mol. The molecule has 6 nitrogen and oxygen atoms in total. The van der Waals surface area contributed by atoms with Crippen molar-refractivity contribution in [2.45, 2.75) is 12.8 Å². The van der Waals surface area contributed by atoms with Crippen LogP contribution >= 0.6 is 11.6 Å². The van der Waals surface area contributed by atoms with Gasteiger partial charge in [-0.05, 0) is 30.2 Å². The normalized spacial score (nSPS) is 16.0. The highest BCUT2D eigenvalue weighted by Gasteiger charge is 2.34. The van der Waals surface area contributed by atoms with Crippen LogP contribution in [0.3, 0.4) is 0 Å². The third-order valence-corrected chi connectivity index (χ3v) is 4.83. The van der Waals surface area contributed by atoms with Crippen molar-refractivity contribution in [3.8, 4) is 17.6 Å². The summed E-state index contributed by atoms with van der Waals surface area (Å²) in [4.78, 5) is 12.0. The Hall–Kier alpha value is -3.43. The number of benzene rings is 2. The quantitative estimate of drug-likeness (QED) is 0.623. The minimum Gasteiger partial charge on any atom is -0.507 e. The van der Waals surface area contributed by atoms with Gasteiger partial charge in [0, 0.05) is 17.2 Å². The molecule has 0 bridgehead atoms. The van der Waals surface area contributed by atoms with Crippen molar-refractivity contribution in [3.05, 3.63) is 80.0 Å². The number of nitriles is 1. The maximum atomic E-state index is 12.0. The molecule has 2 aromatic carbocycles. The molecule has 4 rings (SSSR count). The standard InChI is InChI=1S/C20H13ClN2O4/c1-9-6-15(25)27-19-16(9)13(24)7-14-18(19)17(12(8-22)20(23)26-14)10-2-4-11(21)5-3-10/h2-7,17,24H,23H2,1H3. The lowest BCUT2D eigenvalue weighted by molar-refractivity contribution is 0.387. The molecule has 1 atom stereocenters. The highest BCUT2D eigenvalue weighted by molar-refractivity contribution is 6.30. The number of phenols is 1. The summed E-state index contributed by atoms with van der Waals surface area (Å²) in [6.07, 6.45) is 0. The lowest BCUT2D eigenvalue weighted by Crippen LogP contribution is -2.21. The molecule has 0 fully saturated rings. The Balaban J connectivity index is 2.14. The number of phenolic OH excluding ortho intramolecular Hbond substituents is 1. The van der Waals surface area contributed by atoms with E-state index in [1.807, 2.05) is 0 Å². The summed E-state index contributed by atoms with van der Waals surface area (Å²) in [6, 6.07) is 11.7. The molecular formula is C20H13ClN2O4. The number of ether oxygens (including phenoxy) is 1. The van der Waals surface area contributed by atoms with Crippen LogP contribution < -0.4 is 16.1 Å². The zero-order valence-electron chi connectivity index (χ0n) is 14.1. The summed E-state index contributed by atoms with van der Waals surface area (Å²) in [5.74, 6) is -0.582. The van der Waals surface area contributed by atoms with Crippen LogP contribution in [0.25, 0.3) is 11.0 Å². The smallest absolute Gasteiger partial charge is 0.336 e. The van der Waals surface area contributed by atoms with Crippen LogP contribution in [0.15, 0.2) is 57.1 Å². The zero-order chi connectivity index (χ0) is 19.3. The van der Waals surface area contributed by atoms with Gasteiger partial charge in [0.15, 0.2) is 0 Å². The molecule has 0 aliphatic carbocycles. The van der Waals surface area contributed by atoms with E-state index in [1.165, 1.54) is 12.1 Å². The minimum absolute atomic E-state index is 0.0706. The van der Waals surface area contributed by atoms with Crippen molar-refractivity contribution < 1.29 is 14.3 Å². The van der Waals surface area contributed by atoms with E-state index in [2.05, 4.69) is 6.07 Å². The van der Waals surface area contributed by atoms with Crippen molar-refractivity contribution in [1.82, 2.24) is 0 Å². The Bertz CT molecular complexity index is 1220. The number of nitrogens with two attached hydrogens (primary N) is 1. The van der Waals surface area contributed by atoms with Gasteiger partial charge in [0.05, 0.1) is 16.9 Å². The van der Waals surface area contributed by atoms with Gasteiger partial charge in [-0.2, -0.15) is 5.26 Å². The molecule has 7 heteroatoms. The number of hydrogen-bond acceptors (Lipinski definition) is 6. The summed E-state index contributed by atoms with van der Waals surface area (Å²) in [5.41, 5.74) is 7.46. The topological polar surface area (TPSA) is 109 Å². The fraction of sp³-hybridized carbons (Fsp3) is 0.100. The lowest BCUT2D eigenvalue weighted by Gasteiger charge is -2.27. The second kappa shape index (κ2) is 6.08. The van der Waals surface area contributed by atoms with Crippen molar-refractivity contribution in [1.29, 1.82) is 5.26 Å². The van der Waals surface area contributed by atoms with E-state index in [0.717, 1.165) is 5.56 Å². The Morgan fingerprint density at radius 1 is 1.26 bits per heavy atom. The molecular weight excluding hydrogens is 368 g/mol. The fourth-order valence-electron chi connectivity index (χ4n) is 3.43. The van der Waals surface area contributed by atoms with Gasteiger partial charge >= 0.3 is 5.63 Å². The van der Waals surface area contributed by atoms with Crippen LogP contribution in [0.1, 0.15) is 22.6 Å². The molecule has 27 heavy (non-hydrogen) atoms. The van der Waals surface area contributed by atoms with Gasteiger partial charge in [-0.3, -0.25) is 0 Å². The number of hydrogen-bond donors (Lipinski definition) is 2. The molecule has 1 unspecified atom stereocenters. The Morgan fingerprint density at radius 2 is 1.96 bits per heavy atom. The fourth-order valence-corrected chi connectivity index (χ4v) is 3.56. The van der Waals surface area contributed by atoms with Gasteiger partial charge < -0.3 is 20.0 Å². The van der Waals surface area contributed by atoms with E-state index in [4.69, 9.17) is 26.5 Å². The maximum Gasteiger partial charge on any atom is 0.336 e. The third kappa shape index (κ3) is 2.60. The number of allylic oxidation sites excluding steroid dienone is 1. The van der Waals surface area contributed by atoms with E-state index < -0.39 is 11.5 Å². The number of aromatic hydroxyl groups is 1. The van der Waals surface area contributed by atoms with Gasteiger partial charge in [-0.1, -0.05) is 23.7 Å². The SMILES string of the molecule is Cc1cc(=O)oc2c3c(cc(O)c12)OC(N)=C(C#N)C3c1ccc(Cl)cc1. The first-order chi connectivity index (χ1) is 12.9. The second-order valence-electron chi connectivity index (χ2n) is 6.24. The summed E-state index contributed by atoms with van der Waals surface area (Å²) in [7, 11) is 0. The summed E-state index contributed by atoms with van der Waals surface area (Å²) >= 11 is 5.99. The van der Waals surface area contributed by atoms with Crippen molar-refractivity contribution in [2.24, 2.45) is 5.73 Å². The molecule has 2 heterocycles. The molecule has 134 valence electrons. The first-order valence-electron chi connectivity index (χ1n) is 8.04. The molecule has 1 aliphatic heterocycles. The number of aryl methyl sites for hydroxylation is 1. The van der Waals surface area contributed by atoms with Gasteiger partial charge in [0.25, 0.3) is 0 Å². The number of halogens is 1. The summed E-state index contributed by atoms with van der Waals surface area (Å²) in [6.45, 7) is 1.70. The molecule has 3 aromatic rings. The Labute approximate surface area is 158 Å². The van der Waals surface area contributed by atoms with Crippen molar-refractivity contribution in [3.63, 3.8) is 0 Å². The lowest BCUT2D eigenvalue weighted by atomic mass is 9.82. The third-order valence-electron chi connectivity index (χ3n) is 4.58. The first kappa shape index (κ1) is 17.0. The Kier molecular flexibility index (Phi) is 3.83. The molecule has 0 radical (unpaired) electrons. The molecule has 1 aliphatic rings. The molecule has 0 saturated carbocycles. The Morgan fingerprint density at radius 3 is 2.63 bits per heavy atom. The van der Waals surface area contributed by atoms with Crippen LogP contribution in [0.4, 0.5) is 0 Å². The number of nitrogens with zero attached hydrogens (tertiary/aromatic N) is 1. The maximum absolute atomic E-state index is 12.0. The van der Waals surface area contributed by atoms with Gasteiger partial charge in [-0.15, -0.1) is 0 Å². The monoisotopic (exact) mass is 380 g/mol. The van der Waals surface area contributed by atoms with E-state index in [0.29, 0.717) is 21.5 Å². The highest BCUT2D eigenvalue weighted by Crippen LogP contribution is 2.48.